The van der Waals surface area contributed by atoms with E-state index >= 15 is 0 Å². The Hall–Kier alpha value is -2.18. The number of amides is 1. The van der Waals surface area contributed by atoms with Gasteiger partial charge in [0, 0.05) is 38.3 Å². The first-order chi connectivity index (χ1) is 11.6. The van der Waals surface area contributed by atoms with Crippen molar-refractivity contribution in [1.29, 1.82) is 0 Å². The first kappa shape index (κ1) is 16.7. The summed E-state index contributed by atoms with van der Waals surface area (Å²) < 4.78 is 5.22. The molecule has 0 spiro atoms. The second kappa shape index (κ2) is 7.15. The van der Waals surface area contributed by atoms with Gasteiger partial charge in [0.05, 0.1) is 5.69 Å². The van der Waals surface area contributed by atoms with E-state index in [1.165, 1.54) is 0 Å². The lowest BCUT2D eigenvalue weighted by Gasteiger charge is -2.35. The Labute approximate surface area is 142 Å². The standard InChI is InChI=1S/C18H24N4O2/c1-13-16(14(2)24-20-13)12-21-8-10-22(11-9-21)18(23)17(19)15-6-4-3-5-7-15/h3-7,17H,8-12,19H2,1-2H3. The van der Waals surface area contributed by atoms with Crippen LogP contribution in [-0.2, 0) is 11.3 Å². The summed E-state index contributed by atoms with van der Waals surface area (Å²) in [5.74, 6) is 0.871. The molecule has 128 valence electrons. The molecule has 2 N–H and O–H groups in total. The van der Waals surface area contributed by atoms with Crippen molar-refractivity contribution >= 4 is 5.91 Å². The number of hydrogen-bond acceptors (Lipinski definition) is 5. The molecule has 1 aromatic carbocycles. The maximum absolute atomic E-state index is 12.6. The zero-order valence-corrected chi connectivity index (χ0v) is 14.2. The predicted molar refractivity (Wildman–Crippen MR) is 91.2 cm³/mol. The minimum atomic E-state index is -0.583. The predicted octanol–water partition coefficient (Wildman–Crippen LogP) is 1.64. The van der Waals surface area contributed by atoms with E-state index in [9.17, 15) is 4.79 Å². The van der Waals surface area contributed by atoms with Crippen molar-refractivity contribution in [3.05, 3.63) is 52.9 Å². The number of nitrogens with two attached hydrogens (primary N) is 1. The van der Waals surface area contributed by atoms with Crippen molar-refractivity contribution < 1.29 is 9.32 Å². The van der Waals surface area contributed by atoms with Gasteiger partial charge >= 0.3 is 0 Å². The van der Waals surface area contributed by atoms with Gasteiger partial charge in [-0.25, -0.2) is 0 Å². The minimum Gasteiger partial charge on any atom is -0.361 e. The van der Waals surface area contributed by atoms with Crippen LogP contribution in [0.15, 0.2) is 34.9 Å². The lowest BCUT2D eigenvalue weighted by molar-refractivity contribution is -0.134. The highest BCUT2D eigenvalue weighted by Gasteiger charge is 2.26. The first-order valence-electron chi connectivity index (χ1n) is 8.29. The summed E-state index contributed by atoms with van der Waals surface area (Å²) in [4.78, 5) is 16.8. The van der Waals surface area contributed by atoms with Crippen LogP contribution in [0.4, 0.5) is 0 Å². The van der Waals surface area contributed by atoms with Crippen LogP contribution in [0.5, 0.6) is 0 Å². The molecule has 6 nitrogen and oxygen atoms in total. The molecule has 1 fully saturated rings. The summed E-state index contributed by atoms with van der Waals surface area (Å²) in [5, 5.41) is 4.00. The van der Waals surface area contributed by atoms with Crippen molar-refractivity contribution in [2.75, 3.05) is 26.2 Å². The van der Waals surface area contributed by atoms with Gasteiger partial charge in [0.15, 0.2) is 0 Å². The Kier molecular flexibility index (Phi) is 4.97. The van der Waals surface area contributed by atoms with E-state index in [0.29, 0.717) is 13.1 Å². The number of carbonyl (C=O) groups excluding carboxylic acids is 1. The Balaban J connectivity index is 1.56. The number of benzene rings is 1. The van der Waals surface area contributed by atoms with E-state index in [1.807, 2.05) is 49.1 Å². The molecule has 6 heteroatoms. The number of hydrogen-bond donors (Lipinski definition) is 1. The summed E-state index contributed by atoms with van der Waals surface area (Å²) in [5.41, 5.74) is 9.08. The zero-order valence-electron chi connectivity index (χ0n) is 14.2. The lowest BCUT2D eigenvalue weighted by atomic mass is 10.1. The topological polar surface area (TPSA) is 75.6 Å². The molecule has 1 aromatic heterocycles. The van der Waals surface area contributed by atoms with E-state index < -0.39 is 6.04 Å². The molecule has 3 rings (SSSR count). The average molecular weight is 328 g/mol. The molecular weight excluding hydrogens is 304 g/mol. The van der Waals surface area contributed by atoms with Gasteiger partial charge < -0.3 is 15.2 Å². The Morgan fingerprint density at radius 3 is 2.46 bits per heavy atom. The van der Waals surface area contributed by atoms with Crippen molar-refractivity contribution in [2.24, 2.45) is 5.73 Å². The number of carbonyl (C=O) groups is 1. The van der Waals surface area contributed by atoms with E-state index in [-0.39, 0.29) is 5.91 Å². The van der Waals surface area contributed by atoms with Gasteiger partial charge in [-0.2, -0.15) is 0 Å². The third-order valence-electron chi connectivity index (χ3n) is 4.67. The molecule has 24 heavy (non-hydrogen) atoms. The molecule has 2 heterocycles. The molecule has 1 unspecified atom stereocenters. The Morgan fingerprint density at radius 2 is 1.88 bits per heavy atom. The maximum atomic E-state index is 12.6. The third kappa shape index (κ3) is 3.49. The SMILES string of the molecule is Cc1noc(C)c1CN1CCN(C(=O)C(N)c2ccccc2)CC1. The Bertz CT molecular complexity index is 671. The molecular formula is C18H24N4O2. The van der Waals surface area contributed by atoms with Crippen molar-refractivity contribution in [3.63, 3.8) is 0 Å². The van der Waals surface area contributed by atoms with Crippen LogP contribution >= 0.6 is 0 Å². The lowest BCUT2D eigenvalue weighted by Crippen LogP contribution is -2.50. The molecule has 0 bridgehead atoms. The van der Waals surface area contributed by atoms with E-state index in [1.54, 1.807) is 0 Å². The number of aryl methyl sites for hydroxylation is 2. The van der Waals surface area contributed by atoms with E-state index in [4.69, 9.17) is 10.3 Å². The van der Waals surface area contributed by atoms with Gasteiger partial charge in [-0.05, 0) is 19.4 Å². The van der Waals surface area contributed by atoms with Crippen LogP contribution in [0, 0.1) is 13.8 Å². The second-order valence-corrected chi connectivity index (χ2v) is 6.29. The minimum absolute atomic E-state index is 0.00168. The fraction of sp³-hybridized carbons (Fsp3) is 0.444. The van der Waals surface area contributed by atoms with Gasteiger partial charge in [-0.3, -0.25) is 9.69 Å². The highest BCUT2D eigenvalue weighted by molar-refractivity contribution is 5.83. The third-order valence-corrected chi connectivity index (χ3v) is 4.67. The fourth-order valence-corrected chi connectivity index (χ4v) is 3.08. The van der Waals surface area contributed by atoms with Gasteiger partial charge in [0.25, 0.3) is 0 Å². The quantitative estimate of drug-likeness (QED) is 0.923. The summed E-state index contributed by atoms with van der Waals surface area (Å²) in [6.07, 6.45) is 0. The fourth-order valence-electron chi connectivity index (χ4n) is 3.08. The van der Waals surface area contributed by atoms with Crippen molar-refractivity contribution in [2.45, 2.75) is 26.4 Å². The zero-order chi connectivity index (χ0) is 17.1. The smallest absolute Gasteiger partial charge is 0.244 e. The van der Waals surface area contributed by atoms with Crippen LogP contribution in [0.1, 0.15) is 28.6 Å². The molecule has 0 radical (unpaired) electrons. The number of piperazine rings is 1. The monoisotopic (exact) mass is 328 g/mol. The first-order valence-corrected chi connectivity index (χ1v) is 8.29. The molecule has 1 atom stereocenters. The highest BCUT2D eigenvalue weighted by atomic mass is 16.5. The Morgan fingerprint density at radius 1 is 1.21 bits per heavy atom. The summed E-state index contributed by atoms with van der Waals surface area (Å²) >= 11 is 0. The highest BCUT2D eigenvalue weighted by Crippen LogP contribution is 2.18. The maximum Gasteiger partial charge on any atom is 0.244 e. The van der Waals surface area contributed by atoms with Crippen LogP contribution in [0.25, 0.3) is 0 Å². The molecule has 1 aliphatic rings. The molecule has 1 aliphatic heterocycles. The van der Waals surface area contributed by atoms with Gasteiger partial charge in [0.1, 0.15) is 11.8 Å². The van der Waals surface area contributed by atoms with Gasteiger partial charge in [-0.15, -0.1) is 0 Å². The molecule has 1 saturated heterocycles. The van der Waals surface area contributed by atoms with Crippen LogP contribution in [0.2, 0.25) is 0 Å². The van der Waals surface area contributed by atoms with Gasteiger partial charge in [0.2, 0.25) is 5.91 Å². The number of rotatable bonds is 4. The second-order valence-electron chi connectivity index (χ2n) is 6.29. The largest absolute Gasteiger partial charge is 0.361 e. The molecule has 0 aliphatic carbocycles. The molecule has 0 saturated carbocycles. The number of nitrogens with zero attached hydrogens (tertiary/aromatic N) is 3. The summed E-state index contributed by atoms with van der Waals surface area (Å²) in [6, 6.07) is 8.95. The summed E-state index contributed by atoms with van der Waals surface area (Å²) in [7, 11) is 0. The average Bonchev–Trinajstić information content (AvgIpc) is 2.94. The van der Waals surface area contributed by atoms with E-state index in [2.05, 4.69) is 10.1 Å². The number of aromatic nitrogens is 1. The van der Waals surface area contributed by atoms with E-state index in [0.717, 1.165) is 42.2 Å². The van der Waals surface area contributed by atoms with Crippen LogP contribution < -0.4 is 5.73 Å². The summed E-state index contributed by atoms with van der Waals surface area (Å²) in [6.45, 7) is 7.77. The van der Waals surface area contributed by atoms with Gasteiger partial charge in [-0.1, -0.05) is 35.5 Å². The van der Waals surface area contributed by atoms with Crippen molar-refractivity contribution in [1.82, 2.24) is 15.0 Å². The van der Waals surface area contributed by atoms with Crippen LogP contribution in [-0.4, -0.2) is 47.0 Å². The molecule has 2 aromatic rings. The normalized spacial score (nSPS) is 17.0. The molecule has 1 amide bonds. The van der Waals surface area contributed by atoms with Crippen molar-refractivity contribution in [3.8, 4) is 0 Å². The van der Waals surface area contributed by atoms with Crippen LogP contribution in [0.3, 0.4) is 0 Å².